The highest BCUT2D eigenvalue weighted by atomic mass is 16.2. The van der Waals surface area contributed by atoms with E-state index in [2.05, 4.69) is 19.9 Å². The first-order chi connectivity index (χ1) is 13.5. The number of aromatic nitrogens is 6. The molecule has 1 amide bonds. The minimum Gasteiger partial charge on any atom is -0.337 e. The second kappa shape index (κ2) is 7.46. The number of aryl methyl sites for hydroxylation is 3. The maximum atomic E-state index is 12.8. The Balaban J connectivity index is 1.58. The molecule has 1 saturated heterocycles. The van der Waals surface area contributed by atoms with Gasteiger partial charge in [0.05, 0.1) is 11.9 Å². The number of amides is 1. The summed E-state index contributed by atoms with van der Waals surface area (Å²) in [6, 6.07) is 1.94. The Labute approximate surface area is 163 Å². The first-order valence-electron chi connectivity index (χ1n) is 9.42. The second-order valence-corrected chi connectivity index (χ2v) is 7.25. The van der Waals surface area contributed by atoms with E-state index in [1.165, 1.54) is 0 Å². The number of hydrogen-bond acceptors (Lipinski definition) is 6. The zero-order valence-electron chi connectivity index (χ0n) is 16.3. The van der Waals surface area contributed by atoms with Crippen molar-refractivity contribution in [2.24, 2.45) is 7.05 Å². The molecule has 0 aromatic carbocycles. The quantitative estimate of drug-likeness (QED) is 0.696. The molecule has 1 aliphatic heterocycles. The van der Waals surface area contributed by atoms with E-state index in [-0.39, 0.29) is 11.8 Å². The van der Waals surface area contributed by atoms with E-state index >= 15 is 0 Å². The minimum atomic E-state index is -0.0887. The van der Waals surface area contributed by atoms with Crippen molar-refractivity contribution < 1.29 is 4.79 Å². The number of hydrogen-bond donors (Lipinski definition) is 0. The first kappa shape index (κ1) is 18.2. The largest absolute Gasteiger partial charge is 0.337 e. The Morgan fingerprint density at radius 2 is 1.96 bits per heavy atom. The van der Waals surface area contributed by atoms with Crippen LogP contribution in [0.25, 0.3) is 11.5 Å². The summed E-state index contributed by atoms with van der Waals surface area (Å²) in [4.78, 5) is 36.9. The van der Waals surface area contributed by atoms with Crippen molar-refractivity contribution in [1.82, 2.24) is 34.4 Å². The van der Waals surface area contributed by atoms with Gasteiger partial charge in [-0.2, -0.15) is 0 Å². The van der Waals surface area contributed by atoms with Crippen molar-refractivity contribution in [3.63, 3.8) is 0 Å². The van der Waals surface area contributed by atoms with E-state index in [0.29, 0.717) is 18.8 Å². The molecule has 144 valence electrons. The van der Waals surface area contributed by atoms with Gasteiger partial charge < -0.3 is 9.47 Å². The van der Waals surface area contributed by atoms with Crippen molar-refractivity contribution in [2.75, 3.05) is 13.1 Å². The van der Waals surface area contributed by atoms with Gasteiger partial charge in [-0.05, 0) is 32.8 Å². The highest BCUT2D eigenvalue weighted by Gasteiger charge is 2.28. The molecule has 1 atom stereocenters. The van der Waals surface area contributed by atoms with Crippen LogP contribution < -0.4 is 0 Å². The number of carbonyl (C=O) groups excluding carboxylic acids is 1. The normalized spacial score (nSPS) is 17.0. The summed E-state index contributed by atoms with van der Waals surface area (Å²) in [6.45, 7) is 5.11. The number of imidazole rings is 1. The fraction of sp³-hybridized carbons (Fsp3) is 0.400. The fourth-order valence-electron chi connectivity index (χ4n) is 3.54. The lowest BCUT2D eigenvalue weighted by Gasteiger charge is -2.32. The third-order valence-corrected chi connectivity index (χ3v) is 5.00. The number of piperidine rings is 1. The molecule has 0 N–H and O–H groups in total. The van der Waals surface area contributed by atoms with Gasteiger partial charge in [0.2, 0.25) is 0 Å². The third-order valence-electron chi connectivity index (χ3n) is 5.00. The van der Waals surface area contributed by atoms with Crippen molar-refractivity contribution in [3.8, 4) is 11.5 Å². The zero-order chi connectivity index (χ0) is 19.7. The molecule has 4 rings (SSSR count). The van der Waals surface area contributed by atoms with E-state index in [0.717, 1.165) is 41.6 Å². The summed E-state index contributed by atoms with van der Waals surface area (Å²) in [5, 5.41) is 0. The maximum Gasteiger partial charge on any atom is 0.274 e. The molecule has 8 heteroatoms. The second-order valence-electron chi connectivity index (χ2n) is 7.25. The van der Waals surface area contributed by atoms with Crippen molar-refractivity contribution in [3.05, 3.63) is 53.8 Å². The van der Waals surface area contributed by atoms with Gasteiger partial charge in [0, 0.05) is 50.3 Å². The molecule has 3 aromatic heterocycles. The van der Waals surface area contributed by atoms with Crippen molar-refractivity contribution in [1.29, 1.82) is 0 Å². The Morgan fingerprint density at radius 1 is 1.11 bits per heavy atom. The van der Waals surface area contributed by atoms with Gasteiger partial charge in [-0.15, -0.1) is 0 Å². The van der Waals surface area contributed by atoms with E-state index in [1.807, 2.05) is 42.6 Å². The van der Waals surface area contributed by atoms with Gasteiger partial charge in [0.15, 0.2) is 5.82 Å². The van der Waals surface area contributed by atoms with Crippen LogP contribution in [0.5, 0.6) is 0 Å². The van der Waals surface area contributed by atoms with Crippen LogP contribution in [0.2, 0.25) is 0 Å². The van der Waals surface area contributed by atoms with Crippen LogP contribution in [-0.4, -0.2) is 53.4 Å². The highest BCUT2D eigenvalue weighted by Crippen LogP contribution is 2.27. The summed E-state index contributed by atoms with van der Waals surface area (Å²) in [5.41, 5.74) is 2.88. The standard InChI is InChI=1S/C20H23N7O/c1-13-9-16(19-21-6-8-26(19)3)25-18(24-13)15-5-4-7-27(12-15)20(28)17-11-22-14(2)10-23-17/h6,8-11,15H,4-5,7,12H2,1-3H3. The van der Waals surface area contributed by atoms with Crippen molar-refractivity contribution in [2.45, 2.75) is 32.6 Å². The van der Waals surface area contributed by atoms with Crippen LogP contribution in [-0.2, 0) is 7.05 Å². The monoisotopic (exact) mass is 377 g/mol. The Kier molecular flexibility index (Phi) is 4.85. The minimum absolute atomic E-state index is 0.0887. The average molecular weight is 377 g/mol. The van der Waals surface area contributed by atoms with Crippen molar-refractivity contribution >= 4 is 5.91 Å². The summed E-state index contributed by atoms with van der Waals surface area (Å²) < 4.78 is 1.94. The first-order valence-corrected chi connectivity index (χ1v) is 9.42. The molecule has 0 saturated carbocycles. The number of carbonyl (C=O) groups is 1. The molecule has 0 aliphatic carbocycles. The molecule has 0 spiro atoms. The molecule has 1 fully saturated rings. The molecule has 4 heterocycles. The van der Waals surface area contributed by atoms with E-state index < -0.39 is 0 Å². The van der Waals surface area contributed by atoms with E-state index in [9.17, 15) is 4.79 Å². The van der Waals surface area contributed by atoms with Crippen LogP contribution in [0.15, 0.2) is 30.9 Å². The van der Waals surface area contributed by atoms with Crippen LogP contribution in [0.3, 0.4) is 0 Å². The molecule has 1 aliphatic rings. The summed E-state index contributed by atoms with van der Waals surface area (Å²) in [6.07, 6.45) is 8.69. The number of nitrogens with zero attached hydrogens (tertiary/aromatic N) is 7. The Bertz CT molecular complexity index is 996. The lowest BCUT2D eigenvalue weighted by Crippen LogP contribution is -2.40. The molecule has 3 aromatic rings. The zero-order valence-corrected chi connectivity index (χ0v) is 16.3. The predicted octanol–water partition coefficient (Wildman–Crippen LogP) is 2.30. The fourth-order valence-corrected chi connectivity index (χ4v) is 3.54. The molecule has 0 radical (unpaired) electrons. The van der Waals surface area contributed by atoms with E-state index in [1.54, 1.807) is 18.6 Å². The smallest absolute Gasteiger partial charge is 0.274 e. The van der Waals surface area contributed by atoms with E-state index in [4.69, 9.17) is 4.98 Å². The SMILES string of the molecule is Cc1cnc(C(=O)N2CCCC(c3nc(C)cc(-c4nccn4C)n3)C2)cn1. The Morgan fingerprint density at radius 3 is 2.68 bits per heavy atom. The Hall–Kier alpha value is -3.16. The number of rotatable bonds is 3. The lowest BCUT2D eigenvalue weighted by atomic mass is 9.96. The van der Waals surface area contributed by atoms with Gasteiger partial charge in [-0.3, -0.25) is 9.78 Å². The third kappa shape index (κ3) is 3.62. The van der Waals surface area contributed by atoms with Gasteiger partial charge in [-0.1, -0.05) is 0 Å². The van der Waals surface area contributed by atoms with Gasteiger partial charge in [0.25, 0.3) is 5.91 Å². The molecule has 8 nitrogen and oxygen atoms in total. The molecular weight excluding hydrogens is 354 g/mol. The van der Waals surface area contributed by atoms with Gasteiger partial charge in [0.1, 0.15) is 17.2 Å². The lowest BCUT2D eigenvalue weighted by molar-refractivity contribution is 0.0698. The topological polar surface area (TPSA) is 89.7 Å². The van der Waals surface area contributed by atoms with Gasteiger partial charge >= 0.3 is 0 Å². The summed E-state index contributed by atoms with van der Waals surface area (Å²) in [5.74, 6) is 1.58. The molecule has 1 unspecified atom stereocenters. The van der Waals surface area contributed by atoms with Crippen LogP contribution >= 0.6 is 0 Å². The van der Waals surface area contributed by atoms with Gasteiger partial charge in [-0.25, -0.2) is 19.9 Å². The highest BCUT2D eigenvalue weighted by molar-refractivity contribution is 5.92. The van der Waals surface area contributed by atoms with Crippen LogP contribution in [0.1, 0.15) is 46.5 Å². The molecular formula is C20H23N7O. The predicted molar refractivity (Wildman–Crippen MR) is 104 cm³/mol. The number of likely N-dealkylation sites (tertiary alicyclic amines) is 1. The molecule has 0 bridgehead atoms. The average Bonchev–Trinajstić information content (AvgIpc) is 3.13. The molecule has 28 heavy (non-hydrogen) atoms. The summed E-state index contributed by atoms with van der Waals surface area (Å²) in [7, 11) is 1.95. The summed E-state index contributed by atoms with van der Waals surface area (Å²) >= 11 is 0. The van der Waals surface area contributed by atoms with Crippen LogP contribution in [0.4, 0.5) is 0 Å². The maximum absolute atomic E-state index is 12.8. The van der Waals surface area contributed by atoms with Crippen LogP contribution in [0, 0.1) is 13.8 Å².